The van der Waals surface area contributed by atoms with Crippen molar-refractivity contribution >= 4 is 17.1 Å². The van der Waals surface area contributed by atoms with Crippen molar-refractivity contribution in [1.29, 1.82) is 0 Å². The van der Waals surface area contributed by atoms with E-state index in [1.807, 2.05) is 12.1 Å². The molecule has 0 N–H and O–H groups in total. The van der Waals surface area contributed by atoms with E-state index >= 15 is 0 Å². The monoisotopic (exact) mass is 388 g/mol. The highest BCUT2D eigenvalue weighted by Crippen LogP contribution is 2.30. The van der Waals surface area contributed by atoms with Gasteiger partial charge in [0.25, 0.3) is 0 Å². The summed E-state index contributed by atoms with van der Waals surface area (Å²) in [6.07, 6.45) is 1.94. The van der Waals surface area contributed by atoms with E-state index in [-0.39, 0.29) is 11.7 Å². The Labute approximate surface area is 165 Å². The van der Waals surface area contributed by atoms with E-state index in [1.165, 1.54) is 0 Å². The number of hydrogen-bond acceptors (Lipinski definition) is 6. The summed E-state index contributed by atoms with van der Waals surface area (Å²) < 4.78 is 10.7. The fraction of sp³-hybridized carbons (Fsp3) is 0.524. The van der Waals surface area contributed by atoms with Gasteiger partial charge in [-0.25, -0.2) is 4.98 Å². The standard InChI is InChI=1S/C21H28N2O3S/c1-14(2)18-13-27-20(22-18)12-23-9-5-6-15(11-23)21(24)17-8-7-16(25-3)10-19(17)26-4/h7-8,10,13-15H,5-6,9,11-12H2,1-4H3. The van der Waals surface area contributed by atoms with Crippen LogP contribution in [0.15, 0.2) is 23.6 Å². The van der Waals surface area contributed by atoms with E-state index in [0.717, 1.165) is 43.2 Å². The summed E-state index contributed by atoms with van der Waals surface area (Å²) in [6, 6.07) is 5.41. The first-order valence-electron chi connectivity index (χ1n) is 9.44. The molecule has 0 aliphatic carbocycles. The van der Waals surface area contributed by atoms with Crippen LogP contribution in [-0.4, -0.2) is 43.0 Å². The molecule has 1 aliphatic heterocycles. The van der Waals surface area contributed by atoms with E-state index in [1.54, 1.807) is 31.6 Å². The van der Waals surface area contributed by atoms with E-state index in [0.29, 0.717) is 23.0 Å². The van der Waals surface area contributed by atoms with Gasteiger partial charge in [0.05, 0.1) is 32.0 Å². The number of carbonyl (C=O) groups is 1. The number of hydrogen-bond donors (Lipinski definition) is 0. The van der Waals surface area contributed by atoms with Crippen LogP contribution in [0.3, 0.4) is 0 Å². The number of benzene rings is 1. The molecule has 0 spiro atoms. The molecule has 5 nitrogen and oxygen atoms in total. The third-order valence-corrected chi connectivity index (χ3v) is 5.92. The number of rotatable bonds is 7. The molecule has 0 radical (unpaired) electrons. The minimum Gasteiger partial charge on any atom is -0.497 e. The van der Waals surface area contributed by atoms with Crippen LogP contribution in [0.4, 0.5) is 0 Å². The molecule has 2 aromatic rings. The summed E-state index contributed by atoms with van der Waals surface area (Å²) in [4.78, 5) is 20.2. The highest BCUT2D eigenvalue weighted by atomic mass is 32.1. The Kier molecular flexibility index (Phi) is 6.50. The number of aromatic nitrogens is 1. The minimum absolute atomic E-state index is 0.00873. The summed E-state index contributed by atoms with van der Waals surface area (Å²) in [5.41, 5.74) is 1.80. The van der Waals surface area contributed by atoms with Gasteiger partial charge in [0.15, 0.2) is 5.78 Å². The Morgan fingerprint density at radius 3 is 2.81 bits per heavy atom. The maximum atomic E-state index is 13.1. The second-order valence-electron chi connectivity index (χ2n) is 7.33. The molecule has 1 aromatic heterocycles. The van der Waals surface area contributed by atoms with Gasteiger partial charge in [-0.1, -0.05) is 13.8 Å². The lowest BCUT2D eigenvalue weighted by Gasteiger charge is -2.31. The molecule has 146 valence electrons. The van der Waals surface area contributed by atoms with Gasteiger partial charge in [0.1, 0.15) is 16.5 Å². The summed E-state index contributed by atoms with van der Waals surface area (Å²) in [7, 11) is 3.20. The van der Waals surface area contributed by atoms with E-state index in [9.17, 15) is 4.79 Å². The molecule has 0 saturated carbocycles. The molecular formula is C21H28N2O3S. The van der Waals surface area contributed by atoms with Crippen LogP contribution in [0.1, 0.15) is 53.7 Å². The predicted octanol–water partition coefficient (Wildman–Crippen LogP) is 4.38. The van der Waals surface area contributed by atoms with Gasteiger partial charge < -0.3 is 9.47 Å². The molecule has 0 amide bonds. The zero-order valence-corrected chi connectivity index (χ0v) is 17.3. The van der Waals surface area contributed by atoms with Crippen LogP contribution < -0.4 is 9.47 Å². The van der Waals surface area contributed by atoms with E-state index in [4.69, 9.17) is 14.5 Å². The van der Waals surface area contributed by atoms with Crippen LogP contribution in [0, 0.1) is 5.92 Å². The van der Waals surface area contributed by atoms with Gasteiger partial charge in [-0.2, -0.15) is 0 Å². The van der Waals surface area contributed by atoms with Gasteiger partial charge in [-0.3, -0.25) is 9.69 Å². The molecule has 2 heterocycles. The first-order chi connectivity index (χ1) is 13.0. The molecule has 1 aliphatic rings. The van der Waals surface area contributed by atoms with E-state index < -0.39 is 0 Å². The Hall–Kier alpha value is -1.92. The molecule has 1 fully saturated rings. The maximum Gasteiger partial charge on any atom is 0.170 e. The van der Waals surface area contributed by atoms with Crippen LogP contribution >= 0.6 is 11.3 Å². The molecule has 1 saturated heterocycles. The summed E-state index contributed by atoms with van der Waals surface area (Å²) >= 11 is 1.72. The van der Waals surface area contributed by atoms with Crippen molar-refractivity contribution in [2.24, 2.45) is 5.92 Å². The summed E-state index contributed by atoms with van der Waals surface area (Å²) in [5.74, 6) is 1.87. The van der Waals surface area contributed by atoms with Crippen LogP contribution in [0.25, 0.3) is 0 Å². The van der Waals surface area contributed by atoms with Gasteiger partial charge in [-0.15, -0.1) is 11.3 Å². The first kappa shape index (κ1) is 19.8. The summed E-state index contributed by atoms with van der Waals surface area (Å²) in [5, 5.41) is 3.28. The second kappa shape index (κ2) is 8.85. The van der Waals surface area contributed by atoms with Crippen LogP contribution in [0.2, 0.25) is 0 Å². The molecule has 27 heavy (non-hydrogen) atoms. The molecule has 1 unspecified atom stereocenters. The zero-order valence-electron chi connectivity index (χ0n) is 16.5. The highest BCUT2D eigenvalue weighted by Gasteiger charge is 2.29. The van der Waals surface area contributed by atoms with Gasteiger partial charge in [0, 0.05) is 23.9 Å². The highest BCUT2D eigenvalue weighted by molar-refractivity contribution is 7.09. The topological polar surface area (TPSA) is 51.7 Å². The van der Waals surface area contributed by atoms with Crippen molar-refractivity contribution in [1.82, 2.24) is 9.88 Å². The first-order valence-corrected chi connectivity index (χ1v) is 10.3. The van der Waals surface area contributed by atoms with Crippen molar-refractivity contribution in [2.75, 3.05) is 27.3 Å². The molecule has 1 atom stereocenters. The third-order valence-electron chi connectivity index (χ3n) is 5.07. The lowest BCUT2D eigenvalue weighted by molar-refractivity contribution is 0.0808. The molecule has 1 aromatic carbocycles. The SMILES string of the molecule is COc1ccc(C(=O)C2CCCN(Cc3nc(C(C)C)cs3)C2)c(OC)c1. The fourth-order valence-corrected chi connectivity index (χ4v) is 4.49. The van der Waals surface area contributed by atoms with Gasteiger partial charge >= 0.3 is 0 Å². The van der Waals surface area contributed by atoms with Crippen molar-refractivity contribution < 1.29 is 14.3 Å². The Balaban J connectivity index is 1.69. The number of likely N-dealkylation sites (tertiary alicyclic amines) is 1. The lowest BCUT2D eigenvalue weighted by Crippen LogP contribution is -2.38. The predicted molar refractivity (Wildman–Crippen MR) is 108 cm³/mol. The number of Topliss-reactive ketones (excluding diaryl/α,β-unsaturated/α-hetero) is 1. The number of nitrogens with zero attached hydrogens (tertiary/aromatic N) is 2. The third kappa shape index (κ3) is 4.68. The van der Waals surface area contributed by atoms with Crippen molar-refractivity contribution in [3.63, 3.8) is 0 Å². The number of methoxy groups -OCH3 is 2. The Morgan fingerprint density at radius 1 is 1.33 bits per heavy atom. The number of thiazole rings is 1. The van der Waals surface area contributed by atoms with Crippen LogP contribution in [0.5, 0.6) is 11.5 Å². The van der Waals surface area contributed by atoms with Crippen molar-refractivity contribution in [3.8, 4) is 11.5 Å². The number of piperidine rings is 1. The van der Waals surface area contributed by atoms with Crippen molar-refractivity contribution in [2.45, 2.75) is 39.2 Å². The average molecular weight is 389 g/mol. The van der Waals surface area contributed by atoms with E-state index in [2.05, 4.69) is 24.1 Å². The number of ketones is 1. The Bertz CT molecular complexity index is 787. The smallest absolute Gasteiger partial charge is 0.170 e. The minimum atomic E-state index is -0.00873. The largest absolute Gasteiger partial charge is 0.497 e. The number of carbonyl (C=O) groups excluding carboxylic acids is 1. The quantitative estimate of drug-likeness (QED) is 0.659. The Morgan fingerprint density at radius 2 is 2.15 bits per heavy atom. The summed E-state index contributed by atoms with van der Waals surface area (Å²) in [6.45, 7) is 6.93. The zero-order chi connectivity index (χ0) is 19.4. The molecule has 3 rings (SSSR count). The second-order valence-corrected chi connectivity index (χ2v) is 8.27. The fourth-order valence-electron chi connectivity index (χ4n) is 3.49. The van der Waals surface area contributed by atoms with Gasteiger partial charge in [-0.05, 0) is 37.4 Å². The molecular weight excluding hydrogens is 360 g/mol. The lowest BCUT2D eigenvalue weighted by atomic mass is 9.89. The number of ether oxygens (including phenoxy) is 2. The maximum absolute atomic E-state index is 13.1. The molecule has 6 heteroatoms. The van der Waals surface area contributed by atoms with Crippen molar-refractivity contribution in [3.05, 3.63) is 39.8 Å². The normalized spacial score (nSPS) is 17.9. The van der Waals surface area contributed by atoms with Gasteiger partial charge in [0.2, 0.25) is 0 Å². The van der Waals surface area contributed by atoms with Crippen LogP contribution in [-0.2, 0) is 6.54 Å². The molecule has 0 bridgehead atoms. The average Bonchev–Trinajstić information content (AvgIpc) is 3.16.